The Kier molecular flexibility index (Phi) is 9.23. The van der Waals surface area contributed by atoms with Gasteiger partial charge < -0.3 is 28.5 Å². The van der Waals surface area contributed by atoms with E-state index in [9.17, 15) is 5.11 Å². The Morgan fingerprint density at radius 3 is 2.26 bits per heavy atom. The minimum Gasteiger partial charge on any atom is -0.497 e. The van der Waals surface area contributed by atoms with Gasteiger partial charge in [-0.2, -0.15) is 0 Å². The third kappa shape index (κ3) is 6.48. The number of hydrogen-bond donors (Lipinski definition) is 1. The molecule has 1 N–H and O–H groups in total. The fraction of sp³-hybridized carbons (Fsp3) is 0.528. The number of ether oxygens (including phenoxy) is 4. The summed E-state index contributed by atoms with van der Waals surface area (Å²) in [6.07, 6.45) is 5.25. The second kappa shape index (κ2) is 12.7. The van der Waals surface area contributed by atoms with Gasteiger partial charge in [-0.25, -0.2) is 0 Å². The summed E-state index contributed by atoms with van der Waals surface area (Å²) in [6, 6.07) is 12.1. The molecule has 2 bridgehead atoms. The molecule has 1 aromatic heterocycles. The Hall–Kier alpha value is -3.29. The van der Waals surface area contributed by atoms with Crippen LogP contribution >= 0.6 is 0 Å². The smallest absolute Gasteiger partial charge is 0.203 e. The van der Waals surface area contributed by atoms with Gasteiger partial charge in [0.2, 0.25) is 5.75 Å². The average Bonchev–Trinajstić information content (AvgIpc) is 2.97. The summed E-state index contributed by atoms with van der Waals surface area (Å²) in [5.74, 6) is 3.73. The predicted molar refractivity (Wildman–Crippen MR) is 171 cm³/mol. The van der Waals surface area contributed by atoms with Crippen LogP contribution in [-0.2, 0) is 6.54 Å². The van der Waals surface area contributed by atoms with Crippen molar-refractivity contribution in [1.82, 2.24) is 4.98 Å². The molecule has 0 amide bonds. The van der Waals surface area contributed by atoms with Crippen molar-refractivity contribution >= 4 is 10.9 Å². The van der Waals surface area contributed by atoms with Crippen molar-refractivity contribution in [1.29, 1.82) is 0 Å². The number of rotatable bonds is 12. The maximum Gasteiger partial charge on any atom is 0.203 e. The molecule has 5 atom stereocenters. The second-order valence-electron chi connectivity index (χ2n) is 13.2. The van der Waals surface area contributed by atoms with Crippen LogP contribution in [0, 0.1) is 11.8 Å². The molecule has 3 unspecified atom stereocenters. The van der Waals surface area contributed by atoms with Crippen LogP contribution in [0.25, 0.3) is 10.9 Å². The van der Waals surface area contributed by atoms with Crippen LogP contribution in [0.2, 0.25) is 0 Å². The van der Waals surface area contributed by atoms with E-state index in [4.69, 9.17) is 18.9 Å². The Labute approximate surface area is 257 Å². The van der Waals surface area contributed by atoms with E-state index in [0.717, 1.165) is 64.7 Å². The molecule has 6 rings (SSSR count). The maximum atomic E-state index is 12.2. The van der Waals surface area contributed by atoms with Crippen molar-refractivity contribution < 1.29 is 28.5 Å². The monoisotopic (exact) mass is 589 g/mol. The predicted octanol–water partition coefficient (Wildman–Crippen LogP) is 7.25. The van der Waals surface area contributed by atoms with E-state index >= 15 is 0 Å². The third-order valence-corrected chi connectivity index (χ3v) is 9.00. The van der Waals surface area contributed by atoms with Gasteiger partial charge in [0.25, 0.3) is 0 Å². The van der Waals surface area contributed by atoms with Gasteiger partial charge in [-0.1, -0.05) is 6.08 Å². The van der Waals surface area contributed by atoms with Gasteiger partial charge in [0.15, 0.2) is 11.5 Å². The molecule has 3 saturated heterocycles. The Morgan fingerprint density at radius 1 is 0.977 bits per heavy atom. The summed E-state index contributed by atoms with van der Waals surface area (Å²) < 4.78 is 25.2. The highest BCUT2D eigenvalue weighted by molar-refractivity contribution is 5.84. The lowest BCUT2D eigenvalue weighted by Gasteiger charge is -2.58. The van der Waals surface area contributed by atoms with Crippen molar-refractivity contribution in [2.75, 3.05) is 20.2 Å². The first-order valence-electron chi connectivity index (χ1n) is 15.8. The molecule has 0 spiro atoms. The largest absolute Gasteiger partial charge is 0.497 e. The van der Waals surface area contributed by atoms with Crippen LogP contribution in [0.1, 0.15) is 71.6 Å². The van der Waals surface area contributed by atoms with Crippen LogP contribution in [0.15, 0.2) is 55.3 Å². The van der Waals surface area contributed by atoms with Gasteiger partial charge in [-0.3, -0.25) is 4.98 Å². The van der Waals surface area contributed by atoms with Crippen molar-refractivity contribution in [2.45, 2.75) is 91.4 Å². The Balaban J connectivity index is 1.59. The standard InChI is InChI=1S/C36H49N2O5/c1-9-26-21-38(20-25-16-33(41-22(2)3)36(43-24(6)7)34(17-25)42-23(4)5)15-13-27(26)18-32(38)35(39)29-12-14-37-31-11-10-28(40-8)19-30(29)31/h9-12,14,16-17,19,22-24,26-27,32,35,39H,1,13,15,18,20-21H2,2-8H3/q+1/t26?,27?,32-,35+,38?/m0/s1. The van der Waals surface area contributed by atoms with Crippen molar-refractivity contribution in [3.63, 3.8) is 0 Å². The van der Waals surface area contributed by atoms with Crippen molar-refractivity contribution in [2.24, 2.45) is 11.8 Å². The number of aliphatic hydroxyl groups is 1. The Morgan fingerprint density at radius 2 is 1.65 bits per heavy atom. The van der Waals surface area contributed by atoms with Crippen molar-refractivity contribution in [3.8, 4) is 23.0 Å². The fourth-order valence-electron chi connectivity index (χ4n) is 7.24. The lowest BCUT2D eigenvalue weighted by atomic mass is 9.71. The third-order valence-electron chi connectivity index (χ3n) is 9.00. The number of benzene rings is 2. The normalized spacial score (nSPS) is 24.0. The van der Waals surface area contributed by atoms with Crippen LogP contribution in [0.3, 0.4) is 0 Å². The molecule has 43 heavy (non-hydrogen) atoms. The molecule has 232 valence electrons. The average molecular weight is 590 g/mol. The fourth-order valence-corrected chi connectivity index (χ4v) is 7.24. The number of aromatic nitrogens is 1. The molecule has 0 aliphatic carbocycles. The second-order valence-corrected chi connectivity index (χ2v) is 13.2. The number of pyridine rings is 1. The van der Waals surface area contributed by atoms with E-state index in [-0.39, 0.29) is 24.4 Å². The lowest BCUT2D eigenvalue weighted by molar-refractivity contribution is -0.984. The zero-order chi connectivity index (χ0) is 30.9. The molecule has 0 radical (unpaired) electrons. The zero-order valence-corrected chi connectivity index (χ0v) is 26.9. The van der Waals surface area contributed by atoms with Crippen LogP contribution < -0.4 is 18.9 Å². The van der Waals surface area contributed by atoms with E-state index in [2.05, 4.69) is 29.8 Å². The first-order valence-corrected chi connectivity index (χ1v) is 15.8. The first-order chi connectivity index (χ1) is 20.5. The molecule has 2 aromatic carbocycles. The summed E-state index contributed by atoms with van der Waals surface area (Å²) in [5, 5.41) is 13.2. The minimum absolute atomic E-state index is 0.0160. The van der Waals surface area contributed by atoms with Crippen LogP contribution in [0.4, 0.5) is 0 Å². The van der Waals surface area contributed by atoms with E-state index in [0.29, 0.717) is 29.1 Å². The number of piperidine rings is 3. The number of fused-ring (bicyclic) bond motifs is 4. The van der Waals surface area contributed by atoms with Gasteiger partial charge in [-0.15, -0.1) is 6.58 Å². The Bertz CT molecular complexity index is 1410. The number of hydrogen-bond acceptors (Lipinski definition) is 6. The first kappa shape index (κ1) is 31.1. The number of aliphatic hydroxyl groups excluding tert-OH is 1. The van der Waals surface area contributed by atoms with E-state index in [1.807, 2.05) is 65.8 Å². The highest BCUT2D eigenvalue weighted by Gasteiger charge is 2.54. The zero-order valence-electron chi connectivity index (χ0n) is 26.9. The molecule has 0 saturated carbocycles. The number of methoxy groups -OCH3 is 1. The highest BCUT2D eigenvalue weighted by atomic mass is 16.6. The maximum absolute atomic E-state index is 12.2. The summed E-state index contributed by atoms with van der Waals surface area (Å²) in [5.41, 5.74) is 2.88. The van der Waals surface area contributed by atoms with Gasteiger partial charge in [-0.05, 0) is 89.4 Å². The van der Waals surface area contributed by atoms with Crippen molar-refractivity contribution in [3.05, 3.63) is 66.4 Å². The van der Waals surface area contributed by atoms with Crippen LogP contribution in [-0.4, -0.2) is 59.1 Å². The molecule has 7 heteroatoms. The quantitative estimate of drug-likeness (QED) is 0.177. The van der Waals surface area contributed by atoms with Gasteiger partial charge in [0.05, 0.1) is 44.0 Å². The summed E-state index contributed by atoms with van der Waals surface area (Å²) in [7, 11) is 1.67. The highest BCUT2D eigenvalue weighted by Crippen LogP contribution is 2.49. The lowest BCUT2D eigenvalue weighted by Crippen LogP contribution is -2.67. The number of nitrogens with zero attached hydrogens (tertiary/aromatic N) is 2. The molecule has 4 heterocycles. The summed E-state index contributed by atoms with van der Waals surface area (Å²) >= 11 is 0. The molecule has 7 nitrogen and oxygen atoms in total. The van der Waals surface area contributed by atoms with Gasteiger partial charge in [0.1, 0.15) is 24.4 Å². The molecular formula is C36H49N2O5+. The van der Waals surface area contributed by atoms with Crippen LogP contribution in [0.5, 0.6) is 23.0 Å². The number of quaternary nitrogens is 1. The minimum atomic E-state index is -0.660. The van der Waals surface area contributed by atoms with Gasteiger partial charge in [0, 0.05) is 35.9 Å². The van der Waals surface area contributed by atoms with E-state index in [1.54, 1.807) is 13.3 Å². The molecular weight excluding hydrogens is 540 g/mol. The summed E-state index contributed by atoms with van der Waals surface area (Å²) in [4.78, 5) is 4.57. The molecule has 3 fully saturated rings. The van der Waals surface area contributed by atoms with E-state index in [1.165, 1.54) is 0 Å². The summed E-state index contributed by atoms with van der Waals surface area (Å²) in [6.45, 7) is 19.0. The molecule has 3 aliphatic heterocycles. The topological polar surface area (TPSA) is 70.0 Å². The van der Waals surface area contributed by atoms with Gasteiger partial charge >= 0.3 is 0 Å². The van der Waals surface area contributed by atoms with E-state index < -0.39 is 6.10 Å². The molecule has 3 aliphatic rings. The SMILES string of the molecule is C=CC1C[N+]2(Cc3cc(OC(C)C)c(OC(C)C)c(OC(C)C)c3)CCC1C[C@H]2[C@H](O)c1ccnc2ccc(OC)cc12. The molecule has 3 aromatic rings.